The zero-order valence-corrected chi connectivity index (χ0v) is 10.0. The highest BCUT2D eigenvalue weighted by atomic mass is 19.1. The molecule has 0 aliphatic heterocycles. The van der Waals surface area contributed by atoms with E-state index in [1.807, 2.05) is 0 Å². The van der Waals surface area contributed by atoms with Crippen LogP contribution in [0.1, 0.15) is 18.4 Å². The molecule has 0 atom stereocenters. The van der Waals surface area contributed by atoms with E-state index in [4.69, 9.17) is 0 Å². The van der Waals surface area contributed by atoms with Gasteiger partial charge < -0.3 is 10.6 Å². The number of nitrogens with one attached hydrogen (secondary N) is 2. The summed E-state index contributed by atoms with van der Waals surface area (Å²) in [5.74, 6) is -1.27. The first-order valence-electron chi connectivity index (χ1n) is 6.08. The molecule has 1 saturated carbocycles. The van der Waals surface area contributed by atoms with Gasteiger partial charge in [0.05, 0.1) is 6.54 Å². The van der Waals surface area contributed by atoms with Gasteiger partial charge in [-0.2, -0.15) is 0 Å². The van der Waals surface area contributed by atoms with Crippen LogP contribution in [-0.2, 0) is 11.2 Å². The molecule has 98 valence electrons. The molecule has 1 aromatic rings. The SMILES string of the molecule is O=C(CNC1CC1)NCCc1cc(F)cc(F)c1. The Balaban J connectivity index is 1.68. The number of halogens is 2. The van der Waals surface area contributed by atoms with Crippen molar-refractivity contribution in [3.8, 4) is 0 Å². The molecule has 3 nitrogen and oxygen atoms in total. The number of rotatable bonds is 6. The number of hydrogen-bond donors (Lipinski definition) is 2. The van der Waals surface area contributed by atoms with Crippen LogP contribution in [0.15, 0.2) is 18.2 Å². The third kappa shape index (κ3) is 4.41. The van der Waals surface area contributed by atoms with Crippen LogP contribution in [0, 0.1) is 11.6 Å². The molecule has 0 spiro atoms. The van der Waals surface area contributed by atoms with E-state index in [-0.39, 0.29) is 5.91 Å². The monoisotopic (exact) mass is 254 g/mol. The van der Waals surface area contributed by atoms with Gasteiger partial charge in [0.1, 0.15) is 11.6 Å². The molecule has 1 aliphatic rings. The van der Waals surface area contributed by atoms with Crippen molar-refractivity contribution in [2.75, 3.05) is 13.1 Å². The molecule has 1 aliphatic carbocycles. The summed E-state index contributed by atoms with van der Waals surface area (Å²) in [6.07, 6.45) is 2.69. The smallest absolute Gasteiger partial charge is 0.233 e. The van der Waals surface area contributed by atoms with E-state index in [0.29, 0.717) is 31.1 Å². The zero-order valence-electron chi connectivity index (χ0n) is 10.0. The van der Waals surface area contributed by atoms with Crippen LogP contribution >= 0.6 is 0 Å². The fourth-order valence-electron chi connectivity index (χ4n) is 1.69. The normalized spacial score (nSPS) is 14.6. The fraction of sp³-hybridized carbons (Fsp3) is 0.462. The number of carbonyl (C=O) groups excluding carboxylic acids is 1. The van der Waals surface area contributed by atoms with E-state index >= 15 is 0 Å². The molecule has 1 amide bonds. The minimum atomic E-state index is -0.591. The highest BCUT2D eigenvalue weighted by Gasteiger charge is 2.20. The topological polar surface area (TPSA) is 41.1 Å². The largest absolute Gasteiger partial charge is 0.355 e. The standard InChI is InChI=1S/C13H16F2N2O/c14-10-5-9(6-11(15)7-10)3-4-16-13(18)8-17-12-1-2-12/h5-7,12,17H,1-4,8H2,(H,16,18). The lowest BCUT2D eigenvalue weighted by atomic mass is 10.1. The average Bonchev–Trinajstić information content (AvgIpc) is 3.08. The van der Waals surface area contributed by atoms with Crippen molar-refractivity contribution in [1.29, 1.82) is 0 Å². The van der Waals surface area contributed by atoms with Crippen molar-refractivity contribution in [3.63, 3.8) is 0 Å². The Hall–Kier alpha value is -1.49. The van der Waals surface area contributed by atoms with Gasteiger partial charge in [-0.25, -0.2) is 8.78 Å². The molecule has 18 heavy (non-hydrogen) atoms. The second-order valence-corrected chi connectivity index (χ2v) is 4.53. The Bertz CT molecular complexity index is 413. The number of amides is 1. The van der Waals surface area contributed by atoms with Crippen molar-refractivity contribution in [2.45, 2.75) is 25.3 Å². The molecule has 1 aromatic carbocycles. The molecule has 0 radical (unpaired) electrons. The molecular formula is C13H16F2N2O. The van der Waals surface area contributed by atoms with E-state index in [2.05, 4.69) is 10.6 Å². The summed E-state index contributed by atoms with van der Waals surface area (Å²) in [6.45, 7) is 0.691. The van der Waals surface area contributed by atoms with Gasteiger partial charge in [0.25, 0.3) is 0 Å². The van der Waals surface area contributed by atoms with Crippen molar-refractivity contribution in [2.24, 2.45) is 0 Å². The summed E-state index contributed by atoms with van der Waals surface area (Å²) >= 11 is 0. The molecule has 1 fully saturated rings. The van der Waals surface area contributed by atoms with E-state index in [9.17, 15) is 13.6 Å². The predicted octanol–water partition coefficient (Wildman–Crippen LogP) is 1.38. The number of benzene rings is 1. The first-order valence-corrected chi connectivity index (χ1v) is 6.08. The van der Waals surface area contributed by atoms with E-state index in [1.165, 1.54) is 12.1 Å². The fourth-order valence-corrected chi connectivity index (χ4v) is 1.69. The van der Waals surface area contributed by atoms with Crippen LogP contribution in [0.25, 0.3) is 0 Å². The van der Waals surface area contributed by atoms with Crippen LogP contribution in [0.5, 0.6) is 0 Å². The first-order chi connectivity index (χ1) is 8.63. The summed E-state index contributed by atoms with van der Waals surface area (Å²) in [5, 5.41) is 5.80. The summed E-state index contributed by atoms with van der Waals surface area (Å²) in [7, 11) is 0. The van der Waals surface area contributed by atoms with Gasteiger partial charge in [0.15, 0.2) is 0 Å². The molecule has 0 unspecified atom stereocenters. The maximum Gasteiger partial charge on any atom is 0.233 e. The van der Waals surface area contributed by atoms with Gasteiger partial charge in [-0.05, 0) is 37.0 Å². The lowest BCUT2D eigenvalue weighted by Crippen LogP contribution is -2.35. The van der Waals surface area contributed by atoms with E-state index in [0.717, 1.165) is 18.9 Å². The van der Waals surface area contributed by atoms with E-state index in [1.54, 1.807) is 0 Å². The highest BCUT2D eigenvalue weighted by molar-refractivity contribution is 5.78. The quantitative estimate of drug-likeness (QED) is 0.805. The number of hydrogen-bond acceptors (Lipinski definition) is 2. The van der Waals surface area contributed by atoms with Crippen molar-refractivity contribution in [1.82, 2.24) is 10.6 Å². The van der Waals surface area contributed by atoms with Crippen LogP contribution in [0.2, 0.25) is 0 Å². The van der Waals surface area contributed by atoms with Crippen LogP contribution in [-0.4, -0.2) is 25.0 Å². The van der Waals surface area contributed by atoms with Gasteiger partial charge in [0, 0.05) is 18.7 Å². The van der Waals surface area contributed by atoms with Crippen LogP contribution in [0.3, 0.4) is 0 Å². The van der Waals surface area contributed by atoms with Gasteiger partial charge >= 0.3 is 0 Å². The summed E-state index contributed by atoms with van der Waals surface area (Å²) in [4.78, 5) is 11.4. The summed E-state index contributed by atoms with van der Waals surface area (Å²) in [5.41, 5.74) is 0.544. The average molecular weight is 254 g/mol. The molecule has 0 saturated heterocycles. The van der Waals surface area contributed by atoms with Gasteiger partial charge in [-0.15, -0.1) is 0 Å². The maximum absolute atomic E-state index is 12.9. The summed E-state index contributed by atoms with van der Waals surface area (Å²) in [6, 6.07) is 3.88. The van der Waals surface area contributed by atoms with Crippen molar-refractivity contribution in [3.05, 3.63) is 35.4 Å². The lowest BCUT2D eigenvalue weighted by molar-refractivity contribution is -0.120. The van der Waals surface area contributed by atoms with Crippen molar-refractivity contribution >= 4 is 5.91 Å². The zero-order chi connectivity index (χ0) is 13.0. The second-order valence-electron chi connectivity index (χ2n) is 4.53. The molecule has 2 N–H and O–H groups in total. The summed E-state index contributed by atoms with van der Waals surface area (Å²) < 4.78 is 25.8. The second kappa shape index (κ2) is 5.91. The minimum Gasteiger partial charge on any atom is -0.355 e. The third-order valence-electron chi connectivity index (χ3n) is 2.79. The van der Waals surface area contributed by atoms with Crippen LogP contribution < -0.4 is 10.6 Å². The Labute approximate surface area is 105 Å². The van der Waals surface area contributed by atoms with Crippen LogP contribution in [0.4, 0.5) is 8.78 Å². The van der Waals surface area contributed by atoms with Gasteiger partial charge in [-0.1, -0.05) is 0 Å². The molecule has 0 bridgehead atoms. The molecule has 2 rings (SSSR count). The minimum absolute atomic E-state index is 0.0845. The van der Waals surface area contributed by atoms with E-state index < -0.39 is 11.6 Å². The molecule has 0 heterocycles. The Morgan fingerprint density at radius 2 is 1.89 bits per heavy atom. The van der Waals surface area contributed by atoms with Crippen molar-refractivity contribution < 1.29 is 13.6 Å². The molecule has 5 heteroatoms. The third-order valence-corrected chi connectivity index (χ3v) is 2.79. The predicted molar refractivity (Wildman–Crippen MR) is 64.1 cm³/mol. The Morgan fingerprint density at radius 3 is 2.50 bits per heavy atom. The lowest BCUT2D eigenvalue weighted by Gasteiger charge is -2.06. The maximum atomic E-state index is 12.9. The highest BCUT2D eigenvalue weighted by Crippen LogP contribution is 2.17. The van der Waals surface area contributed by atoms with Gasteiger partial charge in [-0.3, -0.25) is 4.79 Å². The Morgan fingerprint density at radius 1 is 1.22 bits per heavy atom. The molecular weight excluding hydrogens is 238 g/mol. The molecule has 0 aromatic heterocycles. The number of carbonyl (C=O) groups is 1. The first kappa shape index (κ1) is 13.0. The Kier molecular flexibility index (Phi) is 4.25. The van der Waals surface area contributed by atoms with Gasteiger partial charge in [0.2, 0.25) is 5.91 Å².